The number of hydrogen-bond donors (Lipinski definition) is 1. The molecule has 0 radical (unpaired) electrons. The molecule has 0 unspecified atom stereocenters. The Morgan fingerprint density at radius 2 is 1.88 bits per heavy atom. The number of sulfonamides is 1. The van der Waals surface area contributed by atoms with Gasteiger partial charge in [0.15, 0.2) is 0 Å². The molecule has 24 heavy (non-hydrogen) atoms. The maximum Gasteiger partial charge on any atom is 0.241 e. The molecule has 0 amide bonds. The molecule has 0 atom stereocenters. The summed E-state index contributed by atoms with van der Waals surface area (Å²) in [6, 6.07) is 16.3. The highest BCUT2D eigenvalue weighted by Crippen LogP contribution is 2.19. The average Bonchev–Trinajstić information content (AvgIpc) is 3.02. The lowest BCUT2D eigenvalue weighted by atomic mass is 10.1. The Balaban J connectivity index is 1.65. The molecule has 0 aliphatic heterocycles. The summed E-state index contributed by atoms with van der Waals surface area (Å²) in [4.78, 5) is 5.54. The van der Waals surface area contributed by atoms with Crippen LogP contribution in [0.3, 0.4) is 0 Å². The first-order valence-electron chi connectivity index (χ1n) is 7.26. The van der Waals surface area contributed by atoms with Crippen molar-refractivity contribution in [3.63, 3.8) is 0 Å². The second-order valence-corrected chi connectivity index (χ2v) is 8.57. The fourth-order valence-electron chi connectivity index (χ4n) is 2.18. The van der Waals surface area contributed by atoms with Gasteiger partial charge in [-0.2, -0.15) is 0 Å². The second-order valence-electron chi connectivity index (χ2n) is 5.16. The Bertz CT molecular complexity index is 925. The van der Waals surface area contributed by atoms with Crippen LogP contribution in [0.25, 0.3) is 0 Å². The van der Waals surface area contributed by atoms with Gasteiger partial charge in [0.05, 0.1) is 11.4 Å². The van der Waals surface area contributed by atoms with Crippen LogP contribution in [0.4, 0.5) is 0 Å². The largest absolute Gasteiger partial charge is 0.248 e. The molecule has 124 valence electrons. The van der Waals surface area contributed by atoms with Gasteiger partial charge in [0.1, 0.15) is 5.01 Å². The Morgan fingerprint density at radius 3 is 2.62 bits per heavy atom. The lowest BCUT2D eigenvalue weighted by Gasteiger charge is -2.05. The SMILES string of the molecule is O=S(=O)(NCc1ncc(Cc2ccccc2)s1)c1cccc(Cl)c1. The van der Waals surface area contributed by atoms with Crippen LogP contribution in [-0.4, -0.2) is 13.4 Å². The topological polar surface area (TPSA) is 59.1 Å². The summed E-state index contributed by atoms with van der Waals surface area (Å²) in [7, 11) is -3.60. The summed E-state index contributed by atoms with van der Waals surface area (Å²) in [5.74, 6) is 0. The normalized spacial score (nSPS) is 11.5. The van der Waals surface area contributed by atoms with Gasteiger partial charge >= 0.3 is 0 Å². The molecule has 1 aromatic heterocycles. The highest BCUT2D eigenvalue weighted by Gasteiger charge is 2.15. The zero-order valence-corrected chi connectivity index (χ0v) is 15.0. The number of nitrogens with zero attached hydrogens (tertiary/aromatic N) is 1. The number of hydrogen-bond acceptors (Lipinski definition) is 4. The van der Waals surface area contributed by atoms with E-state index in [9.17, 15) is 8.42 Å². The summed E-state index contributed by atoms with van der Waals surface area (Å²) in [5.41, 5.74) is 1.20. The van der Waals surface area contributed by atoms with E-state index in [4.69, 9.17) is 11.6 Å². The van der Waals surface area contributed by atoms with Crippen molar-refractivity contribution in [3.8, 4) is 0 Å². The van der Waals surface area contributed by atoms with Crippen LogP contribution < -0.4 is 4.72 Å². The van der Waals surface area contributed by atoms with Crippen molar-refractivity contribution in [1.82, 2.24) is 9.71 Å². The Labute approximate surface area is 150 Å². The number of benzene rings is 2. The smallest absolute Gasteiger partial charge is 0.241 e. The zero-order valence-electron chi connectivity index (χ0n) is 12.6. The van der Waals surface area contributed by atoms with Gasteiger partial charge in [-0.15, -0.1) is 11.3 Å². The van der Waals surface area contributed by atoms with Crippen LogP contribution in [0.2, 0.25) is 5.02 Å². The van der Waals surface area contributed by atoms with Gasteiger partial charge in [-0.1, -0.05) is 48.0 Å². The van der Waals surface area contributed by atoms with Crippen LogP contribution in [0.5, 0.6) is 0 Å². The first kappa shape index (κ1) is 17.1. The summed E-state index contributed by atoms with van der Waals surface area (Å²) in [6.45, 7) is 0.161. The van der Waals surface area contributed by atoms with Gasteiger partial charge in [-0.3, -0.25) is 0 Å². The van der Waals surface area contributed by atoms with Crippen molar-refractivity contribution in [1.29, 1.82) is 0 Å². The van der Waals surface area contributed by atoms with E-state index in [1.807, 2.05) is 18.2 Å². The van der Waals surface area contributed by atoms with E-state index in [0.29, 0.717) is 5.02 Å². The summed E-state index contributed by atoms with van der Waals surface area (Å²) in [5, 5.41) is 1.11. The predicted molar refractivity (Wildman–Crippen MR) is 96.8 cm³/mol. The van der Waals surface area contributed by atoms with E-state index in [-0.39, 0.29) is 11.4 Å². The fraction of sp³-hybridized carbons (Fsp3) is 0.118. The number of thiazole rings is 1. The second kappa shape index (κ2) is 7.44. The summed E-state index contributed by atoms with van der Waals surface area (Å²) < 4.78 is 27.1. The van der Waals surface area contributed by atoms with E-state index in [1.165, 1.54) is 29.0 Å². The number of halogens is 1. The lowest BCUT2D eigenvalue weighted by molar-refractivity contribution is 0.581. The third-order valence-electron chi connectivity index (χ3n) is 3.34. The van der Waals surface area contributed by atoms with Crippen LogP contribution in [0.15, 0.2) is 65.7 Å². The van der Waals surface area contributed by atoms with Crippen molar-refractivity contribution >= 4 is 33.0 Å². The Kier molecular flexibility index (Phi) is 5.30. The molecule has 1 heterocycles. The Hall–Kier alpha value is -1.73. The highest BCUT2D eigenvalue weighted by molar-refractivity contribution is 7.89. The van der Waals surface area contributed by atoms with Crippen LogP contribution in [-0.2, 0) is 23.0 Å². The number of aromatic nitrogens is 1. The molecule has 3 rings (SSSR count). The molecule has 0 bridgehead atoms. The maximum absolute atomic E-state index is 12.3. The summed E-state index contributed by atoms with van der Waals surface area (Å²) in [6.07, 6.45) is 2.58. The van der Waals surface area contributed by atoms with E-state index in [2.05, 4.69) is 21.8 Å². The van der Waals surface area contributed by atoms with Gasteiger partial charge in [-0.25, -0.2) is 18.1 Å². The van der Waals surface area contributed by atoms with Gasteiger partial charge in [0.25, 0.3) is 0 Å². The van der Waals surface area contributed by atoms with Crippen molar-refractivity contribution < 1.29 is 8.42 Å². The molecule has 0 aliphatic carbocycles. The molecule has 3 aromatic rings. The van der Waals surface area contributed by atoms with Crippen LogP contribution >= 0.6 is 22.9 Å². The number of nitrogens with one attached hydrogen (secondary N) is 1. The predicted octanol–water partition coefficient (Wildman–Crippen LogP) is 3.87. The third-order valence-corrected chi connectivity index (χ3v) is 5.97. The molecule has 0 spiro atoms. The van der Waals surface area contributed by atoms with E-state index >= 15 is 0 Å². The van der Waals surface area contributed by atoms with E-state index in [1.54, 1.807) is 18.3 Å². The average molecular weight is 379 g/mol. The molecule has 0 fully saturated rings. The first-order chi connectivity index (χ1) is 11.5. The molecule has 1 N–H and O–H groups in total. The molecule has 0 aliphatic rings. The summed E-state index contributed by atoms with van der Waals surface area (Å²) >= 11 is 7.35. The maximum atomic E-state index is 12.3. The molecular formula is C17H15ClN2O2S2. The monoisotopic (exact) mass is 378 g/mol. The van der Waals surface area contributed by atoms with Gasteiger partial charge in [0.2, 0.25) is 10.0 Å². The standard InChI is InChI=1S/C17H15ClN2O2S2/c18-14-7-4-8-16(10-14)24(21,22)20-12-17-19-11-15(23-17)9-13-5-2-1-3-6-13/h1-8,10-11,20H,9,12H2. The van der Waals surface area contributed by atoms with Crippen LogP contribution in [0.1, 0.15) is 15.4 Å². The molecule has 4 nitrogen and oxygen atoms in total. The molecule has 7 heteroatoms. The lowest BCUT2D eigenvalue weighted by Crippen LogP contribution is -2.23. The highest BCUT2D eigenvalue weighted by atomic mass is 35.5. The minimum absolute atomic E-state index is 0.149. The van der Waals surface area contributed by atoms with Crippen molar-refractivity contribution in [3.05, 3.63) is 81.3 Å². The fourth-order valence-corrected chi connectivity index (χ4v) is 4.46. The van der Waals surface area contributed by atoms with Gasteiger partial charge in [-0.05, 0) is 23.8 Å². The minimum Gasteiger partial charge on any atom is -0.248 e. The number of rotatable bonds is 6. The van der Waals surface area contributed by atoms with E-state index < -0.39 is 10.0 Å². The molecular weight excluding hydrogens is 364 g/mol. The zero-order chi connectivity index (χ0) is 17.0. The third kappa shape index (κ3) is 4.42. The van der Waals surface area contributed by atoms with Crippen molar-refractivity contribution in [2.45, 2.75) is 17.9 Å². The quantitative estimate of drug-likeness (QED) is 0.708. The van der Waals surface area contributed by atoms with Gasteiger partial charge in [0, 0.05) is 22.5 Å². The molecule has 0 saturated carbocycles. The Morgan fingerprint density at radius 1 is 1.08 bits per heavy atom. The van der Waals surface area contributed by atoms with Crippen LogP contribution in [0, 0.1) is 0 Å². The minimum atomic E-state index is -3.60. The van der Waals surface area contributed by atoms with E-state index in [0.717, 1.165) is 16.3 Å². The van der Waals surface area contributed by atoms with Crippen molar-refractivity contribution in [2.75, 3.05) is 0 Å². The van der Waals surface area contributed by atoms with Crippen molar-refractivity contribution in [2.24, 2.45) is 0 Å². The van der Waals surface area contributed by atoms with Gasteiger partial charge < -0.3 is 0 Å². The molecule has 0 saturated heterocycles. The first-order valence-corrected chi connectivity index (χ1v) is 9.93. The molecule has 2 aromatic carbocycles.